The van der Waals surface area contributed by atoms with Gasteiger partial charge in [-0.05, 0) is 13.0 Å². The summed E-state index contributed by atoms with van der Waals surface area (Å²) in [6.07, 6.45) is 2.35. The summed E-state index contributed by atoms with van der Waals surface area (Å²) in [6.45, 7) is 6.98. The third-order valence-electron chi connectivity index (χ3n) is 2.41. The lowest BCUT2D eigenvalue weighted by molar-refractivity contribution is 0.466. The van der Waals surface area contributed by atoms with Crippen LogP contribution in [0.3, 0.4) is 0 Å². The maximum Gasteiger partial charge on any atom is 0.283 e. The number of rotatable bonds is 5. The molecular formula is C12H17N3O2. The van der Waals surface area contributed by atoms with Gasteiger partial charge in [0.15, 0.2) is 5.76 Å². The molecule has 5 heteroatoms. The lowest BCUT2D eigenvalue weighted by Crippen LogP contribution is -2.25. The first-order valence-corrected chi connectivity index (χ1v) is 5.77. The van der Waals surface area contributed by atoms with Crippen LogP contribution >= 0.6 is 0 Å². The molecule has 0 bridgehead atoms. The SMILES string of the molecule is Cc1ccoc1-c1nnc(CCNC(C)C)o1. The molecule has 2 aromatic rings. The molecule has 0 aliphatic heterocycles. The van der Waals surface area contributed by atoms with Crippen molar-refractivity contribution >= 4 is 0 Å². The van der Waals surface area contributed by atoms with Gasteiger partial charge in [0.1, 0.15) is 0 Å². The first kappa shape index (κ1) is 11.9. The zero-order chi connectivity index (χ0) is 12.3. The summed E-state index contributed by atoms with van der Waals surface area (Å²) >= 11 is 0. The van der Waals surface area contributed by atoms with Crippen LogP contribution < -0.4 is 5.32 Å². The van der Waals surface area contributed by atoms with E-state index in [0.29, 0.717) is 23.6 Å². The summed E-state index contributed by atoms with van der Waals surface area (Å²) < 4.78 is 10.8. The van der Waals surface area contributed by atoms with Crippen LogP contribution in [0, 0.1) is 6.92 Å². The molecule has 2 rings (SSSR count). The van der Waals surface area contributed by atoms with Gasteiger partial charge in [-0.25, -0.2) is 0 Å². The maximum absolute atomic E-state index is 5.53. The largest absolute Gasteiger partial charge is 0.459 e. The molecule has 0 fully saturated rings. The van der Waals surface area contributed by atoms with E-state index in [1.165, 1.54) is 0 Å². The quantitative estimate of drug-likeness (QED) is 0.860. The highest BCUT2D eigenvalue weighted by Crippen LogP contribution is 2.22. The summed E-state index contributed by atoms with van der Waals surface area (Å²) in [5.74, 6) is 1.73. The Morgan fingerprint density at radius 3 is 2.82 bits per heavy atom. The van der Waals surface area contributed by atoms with Gasteiger partial charge in [-0.1, -0.05) is 13.8 Å². The number of aryl methyl sites for hydroxylation is 1. The fraction of sp³-hybridized carbons (Fsp3) is 0.500. The zero-order valence-corrected chi connectivity index (χ0v) is 10.4. The van der Waals surface area contributed by atoms with E-state index in [1.807, 2.05) is 13.0 Å². The third-order valence-corrected chi connectivity index (χ3v) is 2.41. The van der Waals surface area contributed by atoms with Gasteiger partial charge in [-0.15, -0.1) is 10.2 Å². The normalized spacial score (nSPS) is 11.3. The predicted molar refractivity (Wildman–Crippen MR) is 63.6 cm³/mol. The van der Waals surface area contributed by atoms with E-state index in [1.54, 1.807) is 6.26 Å². The van der Waals surface area contributed by atoms with Crippen molar-refractivity contribution in [2.45, 2.75) is 33.2 Å². The molecule has 17 heavy (non-hydrogen) atoms. The first-order chi connectivity index (χ1) is 8.16. The molecule has 0 aliphatic carbocycles. The minimum Gasteiger partial charge on any atom is -0.459 e. The highest BCUT2D eigenvalue weighted by atomic mass is 16.4. The summed E-state index contributed by atoms with van der Waals surface area (Å²) in [7, 11) is 0. The number of furan rings is 1. The third kappa shape index (κ3) is 2.94. The Bertz CT molecular complexity index is 474. The summed E-state index contributed by atoms with van der Waals surface area (Å²) in [6, 6.07) is 2.34. The fourth-order valence-electron chi connectivity index (χ4n) is 1.51. The molecule has 0 aliphatic rings. The average molecular weight is 235 g/mol. The number of hydrogen-bond donors (Lipinski definition) is 1. The van der Waals surface area contributed by atoms with Gasteiger partial charge in [0, 0.05) is 24.6 Å². The van der Waals surface area contributed by atoms with Gasteiger partial charge >= 0.3 is 0 Å². The highest BCUT2D eigenvalue weighted by Gasteiger charge is 2.13. The van der Waals surface area contributed by atoms with Gasteiger partial charge in [-0.3, -0.25) is 0 Å². The minimum absolute atomic E-state index is 0.451. The topological polar surface area (TPSA) is 64.1 Å². The molecule has 0 saturated carbocycles. The summed E-state index contributed by atoms with van der Waals surface area (Å²) in [5, 5.41) is 11.3. The molecule has 2 aromatic heterocycles. The molecule has 0 unspecified atom stereocenters. The van der Waals surface area contributed by atoms with Crippen LogP contribution in [0.4, 0.5) is 0 Å². The van der Waals surface area contributed by atoms with Gasteiger partial charge < -0.3 is 14.2 Å². The smallest absolute Gasteiger partial charge is 0.283 e. The van der Waals surface area contributed by atoms with E-state index in [2.05, 4.69) is 29.4 Å². The molecule has 1 N–H and O–H groups in total. The zero-order valence-electron chi connectivity index (χ0n) is 10.4. The van der Waals surface area contributed by atoms with Crippen LogP contribution in [0.15, 0.2) is 21.2 Å². The van der Waals surface area contributed by atoms with Crippen molar-refractivity contribution in [1.29, 1.82) is 0 Å². The van der Waals surface area contributed by atoms with Crippen molar-refractivity contribution in [2.24, 2.45) is 0 Å². The van der Waals surface area contributed by atoms with Crippen molar-refractivity contribution in [3.05, 3.63) is 23.8 Å². The van der Waals surface area contributed by atoms with Crippen molar-refractivity contribution in [3.63, 3.8) is 0 Å². The minimum atomic E-state index is 0.451. The monoisotopic (exact) mass is 235 g/mol. The fourth-order valence-corrected chi connectivity index (χ4v) is 1.51. The second-order valence-corrected chi connectivity index (χ2v) is 4.29. The van der Waals surface area contributed by atoms with Crippen molar-refractivity contribution in [2.75, 3.05) is 6.54 Å². The van der Waals surface area contributed by atoms with Crippen LogP contribution in [-0.4, -0.2) is 22.8 Å². The van der Waals surface area contributed by atoms with Crippen LogP contribution in [0.5, 0.6) is 0 Å². The molecule has 0 spiro atoms. The number of nitrogens with one attached hydrogen (secondary N) is 1. The van der Waals surface area contributed by atoms with Crippen LogP contribution in [0.1, 0.15) is 25.3 Å². The van der Waals surface area contributed by atoms with Crippen LogP contribution in [0.2, 0.25) is 0 Å². The lowest BCUT2D eigenvalue weighted by Gasteiger charge is -2.04. The van der Waals surface area contributed by atoms with Gasteiger partial charge in [0.05, 0.1) is 6.26 Å². The van der Waals surface area contributed by atoms with Gasteiger partial charge in [-0.2, -0.15) is 0 Å². The first-order valence-electron chi connectivity index (χ1n) is 5.77. The number of nitrogens with zero attached hydrogens (tertiary/aromatic N) is 2. The molecule has 0 aromatic carbocycles. The average Bonchev–Trinajstić information content (AvgIpc) is 2.86. The Morgan fingerprint density at radius 2 is 2.18 bits per heavy atom. The van der Waals surface area contributed by atoms with Gasteiger partial charge in [0.25, 0.3) is 5.89 Å². The van der Waals surface area contributed by atoms with E-state index < -0.39 is 0 Å². The Kier molecular flexibility index (Phi) is 3.58. The van der Waals surface area contributed by atoms with E-state index in [0.717, 1.165) is 18.5 Å². The predicted octanol–water partition coefficient (Wildman–Crippen LogP) is 2.18. The van der Waals surface area contributed by atoms with E-state index in [9.17, 15) is 0 Å². The Hall–Kier alpha value is -1.62. The Balaban J connectivity index is 1.99. The van der Waals surface area contributed by atoms with E-state index >= 15 is 0 Å². The standard InChI is InChI=1S/C12H17N3O2/c1-8(2)13-6-4-10-14-15-12(17-10)11-9(3)5-7-16-11/h5,7-8,13H,4,6H2,1-3H3. The van der Waals surface area contributed by atoms with E-state index in [-0.39, 0.29) is 0 Å². The number of hydrogen-bond acceptors (Lipinski definition) is 5. The van der Waals surface area contributed by atoms with Crippen LogP contribution in [-0.2, 0) is 6.42 Å². The molecule has 0 amide bonds. The molecule has 0 atom stereocenters. The molecule has 0 saturated heterocycles. The van der Waals surface area contributed by atoms with E-state index in [4.69, 9.17) is 8.83 Å². The Morgan fingerprint density at radius 1 is 1.35 bits per heavy atom. The highest BCUT2D eigenvalue weighted by molar-refractivity contribution is 5.49. The molecule has 5 nitrogen and oxygen atoms in total. The molecular weight excluding hydrogens is 218 g/mol. The maximum atomic E-state index is 5.53. The summed E-state index contributed by atoms with van der Waals surface area (Å²) in [5.41, 5.74) is 1.00. The van der Waals surface area contributed by atoms with Crippen molar-refractivity contribution in [3.8, 4) is 11.7 Å². The lowest BCUT2D eigenvalue weighted by atomic mass is 10.3. The van der Waals surface area contributed by atoms with Crippen molar-refractivity contribution < 1.29 is 8.83 Å². The number of aromatic nitrogens is 2. The Labute approximate surface area is 100 Å². The second kappa shape index (κ2) is 5.14. The van der Waals surface area contributed by atoms with Crippen molar-refractivity contribution in [1.82, 2.24) is 15.5 Å². The molecule has 0 radical (unpaired) electrons. The second-order valence-electron chi connectivity index (χ2n) is 4.29. The van der Waals surface area contributed by atoms with Crippen LogP contribution in [0.25, 0.3) is 11.7 Å². The molecule has 2 heterocycles. The molecule has 92 valence electrons. The van der Waals surface area contributed by atoms with Gasteiger partial charge in [0.2, 0.25) is 5.89 Å². The summed E-state index contributed by atoms with van der Waals surface area (Å²) in [4.78, 5) is 0.